The van der Waals surface area contributed by atoms with Gasteiger partial charge >= 0.3 is 6.16 Å². The van der Waals surface area contributed by atoms with Crippen LogP contribution in [0.5, 0.6) is 0 Å². The van der Waals surface area contributed by atoms with E-state index in [9.17, 15) is 4.79 Å². The summed E-state index contributed by atoms with van der Waals surface area (Å²) in [7, 11) is 0. The van der Waals surface area contributed by atoms with Gasteiger partial charge in [0, 0.05) is 0 Å². The zero-order chi connectivity index (χ0) is 8.39. The first-order valence-corrected chi connectivity index (χ1v) is 4.73. The first-order valence-electron chi connectivity index (χ1n) is 4.73. The number of hydrogen-bond acceptors (Lipinski definition) is 3. The molecule has 0 spiro atoms. The summed E-state index contributed by atoms with van der Waals surface area (Å²) in [5, 5.41) is 0. The number of ether oxygens (including phenoxy) is 2. The Bertz CT molecular complexity index is 161. The second kappa shape index (κ2) is 3.33. The summed E-state index contributed by atoms with van der Waals surface area (Å²) >= 11 is 0. The van der Waals surface area contributed by atoms with Gasteiger partial charge in [0.1, 0.15) is 12.2 Å². The highest BCUT2D eigenvalue weighted by Gasteiger charge is 2.36. The van der Waals surface area contributed by atoms with Gasteiger partial charge < -0.3 is 9.47 Å². The Labute approximate surface area is 72.0 Å². The fourth-order valence-electron chi connectivity index (χ4n) is 1.96. The van der Waals surface area contributed by atoms with Crippen LogP contribution in [0.4, 0.5) is 4.79 Å². The Morgan fingerprint density at radius 3 is 1.92 bits per heavy atom. The van der Waals surface area contributed by atoms with E-state index in [0.717, 1.165) is 25.7 Å². The maximum atomic E-state index is 10.8. The highest BCUT2D eigenvalue weighted by molar-refractivity contribution is 5.62. The first-order chi connectivity index (χ1) is 5.86. The maximum absolute atomic E-state index is 10.8. The van der Waals surface area contributed by atoms with Gasteiger partial charge in [0.25, 0.3) is 0 Å². The van der Waals surface area contributed by atoms with Crippen LogP contribution in [0.1, 0.15) is 38.5 Å². The van der Waals surface area contributed by atoms with Crippen LogP contribution >= 0.6 is 0 Å². The summed E-state index contributed by atoms with van der Waals surface area (Å²) in [4.78, 5) is 10.8. The van der Waals surface area contributed by atoms with Gasteiger partial charge in [0.05, 0.1) is 0 Å². The zero-order valence-electron chi connectivity index (χ0n) is 7.12. The van der Waals surface area contributed by atoms with Crippen LogP contribution in [0.15, 0.2) is 0 Å². The smallest absolute Gasteiger partial charge is 0.427 e. The third-order valence-corrected chi connectivity index (χ3v) is 2.64. The predicted octanol–water partition coefficient (Wildman–Crippen LogP) is 2.24. The predicted molar refractivity (Wildman–Crippen MR) is 42.8 cm³/mol. The largest absolute Gasteiger partial charge is 0.509 e. The molecule has 0 bridgehead atoms. The molecule has 12 heavy (non-hydrogen) atoms. The van der Waals surface area contributed by atoms with Crippen LogP contribution in [-0.4, -0.2) is 18.4 Å². The molecule has 3 nitrogen and oxygen atoms in total. The average Bonchev–Trinajstić information content (AvgIpc) is 2.32. The van der Waals surface area contributed by atoms with Crippen molar-refractivity contribution in [3.8, 4) is 0 Å². The van der Waals surface area contributed by atoms with Crippen molar-refractivity contribution in [1.29, 1.82) is 0 Å². The van der Waals surface area contributed by atoms with Crippen molar-refractivity contribution in [3.05, 3.63) is 0 Å². The summed E-state index contributed by atoms with van der Waals surface area (Å²) in [5.74, 6) is 0. The van der Waals surface area contributed by atoms with Gasteiger partial charge in [-0.15, -0.1) is 0 Å². The molecule has 0 unspecified atom stereocenters. The van der Waals surface area contributed by atoms with E-state index in [1.165, 1.54) is 12.8 Å². The van der Waals surface area contributed by atoms with E-state index in [1.54, 1.807) is 0 Å². The standard InChI is InChI=1S/C9H14O3/c10-9-11-7-5-3-1-2-4-6-8(7)12-9/h7-8H,1-6H2/t7-,8-/m0/s1. The molecule has 0 radical (unpaired) electrons. The lowest BCUT2D eigenvalue weighted by molar-refractivity contribution is 0.114. The third kappa shape index (κ3) is 1.54. The van der Waals surface area contributed by atoms with E-state index in [2.05, 4.69) is 0 Å². The minimum Gasteiger partial charge on any atom is -0.427 e. The van der Waals surface area contributed by atoms with Crippen molar-refractivity contribution in [3.63, 3.8) is 0 Å². The van der Waals surface area contributed by atoms with Crippen molar-refractivity contribution in [2.45, 2.75) is 50.7 Å². The van der Waals surface area contributed by atoms with Gasteiger partial charge in [-0.05, 0) is 25.7 Å². The zero-order valence-corrected chi connectivity index (χ0v) is 7.12. The second-order valence-electron chi connectivity index (χ2n) is 3.55. The summed E-state index contributed by atoms with van der Waals surface area (Å²) < 4.78 is 10.1. The van der Waals surface area contributed by atoms with Crippen LogP contribution in [0, 0.1) is 0 Å². The quantitative estimate of drug-likeness (QED) is 0.523. The Balaban J connectivity index is 1.96. The number of carbonyl (C=O) groups excluding carboxylic acids is 1. The molecule has 0 N–H and O–H groups in total. The average molecular weight is 170 g/mol. The van der Waals surface area contributed by atoms with Crippen LogP contribution in [-0.2, 0) is 9.47 Å². The molecule has 0 aromatic rings. The van der Waals surface area contributed by atoms with Crippen molar-refractivity contribution in [2.75, 3.05) is 0 Å². The van der Waals surface area contributed by atoms with E-state index in [0.29, 0.717) is 0 Å². The van der Waals surface area contributed by atoms with E-state index in [-0.39, 0.29) is 12.2 Å². The molecule has 0 amide bonds. The molecule has 0 aromatic heterocycles. The Kier molecular flexibility index (Phi) is 2.19. The van der Waals surface area contributed by atoms with Gasteiger partial charge in [0.2, 0.25) is 0 Å². The highest BCUT2D eigenvalue weighted by atomic mass is 16.8. The van der Waals surface area contributed by atoms with Crippen molar-refractivity contribution in [1.82, 2.24) is 0 Å². The van der Waals surface area contributed by atoms with Crippen molar-refractivity contribution < 1.29 is 14.3 Å². The lowest BCUT2D eigenvalue weighted by Gasteiger charge is -2.17. The molecule has 2 aliphatic rings. The molecule has 0 aromatic carbocycles. The number of hydrogen-bond donors (Lipinski definition) is 0. The van der Waals surface area contributed by atoms with E-state index in [4.69, 9.17) is 9.47 Å². The summed E-state index contributed by atoms with van der Waals surface area (Å²) in [6.07, 6.45) is 6.46. The SMILES string of the molecule is O=C1O[C@H]2CCCCCC[C@@H]2O1. The molecule has 2 fully saturated rings. The van der Waals surface area contributed by atoms with Gasteiger partial charge in [0.15, 0.2) is 0 Å². The van der Waals surface area contributed by atoms with Crippen molar-refractivity contribution >= 4 is 6.16 Å². The molecule has 2 rings (SSSR count). The molecule has 68 valence electrons. The van der Waals surface area contributed by atoms with E-state index in [1.807, 2.05) is 0 Å². The van der Waals surface area contributed by atoms with Gasteiger partial charge in [-0.2, -0.15) is 0 Å². The molecule has 1 saturated carbocycles. The molecule has 1 saturated heterocycles. The van der Waals surface area contributed by atoms with Crippen LogP contribution in [0.2, 0.25) is 0 Å². The lowest BCUT2D eigenvalue weighted by atomic mass is 9.96. The first kappa shape index (κ1) is 7.90. The van der Waals surface area contributed by atoms with Crippen LogP contribution < -0.4 is 0 Å². The Morgan fingerprint density at radius 1 is 0.917 bits per heavy atom. The van der Waals surface area contributed by atoms with E-state index < -0.39 is 6.16 Å². The molecule has 2 atom stereocenters. The normalized spacial score (nSPS) is 35.8. The summed E-state index contributed by atoms with van der Waals surface area (Å²) in [5.41, 5.74) is 0. The lowest BCUT2D eigenvalue weighted by Crippen LogP contribution is -2.23. The molecular formula is C9H14O3. The Morgan fingerprint density at radius 2 is 1.42 bits per heavy atom. The molecular weight excluding hydrogens is 156 g/mol. The number of rotatable bonds is 0. The maximum Gasteiger partial charge on any atom is 0.509 e. The van der Waals surface area contributed by atoms with Crippen LogP contribution in [0.25, 0.3) is 0 Å². The summed E-state index contributed by atoms with van der Waals surface area (Å²) in [6.45, 7) is 0. The van der Waals surface area contributed by atoms with Gasteiger partial charge in [-0.1, -0.05) is 12.8 Å². The monoisotopic (exact) mass is 170 g/mol. The third-order valence-electron chi connectivity index (χ3n) is 2.64. The van der Waals surface area contributed by atoms with Crippen molar-refractivity contribution in [2.24, 2.45) is 0 Å². The molecule has 3 heteroatoms. The fraction of sp³-hybridized carbons (Fsp3) is 0.889. The van der Waals surface area contributed by atoms with Gasteiger partial charge in [-0.3, -0.25) is 0 Å². The molecule has 1 aliphatic heterocycles. The number of carbonyl (C=O) groups is 1. The van der Waals surface area contributed by atoms with E-state index >= 15 is 0 Å². The molecule has 1 heterocycles. The topological polar surface area (TPSA) is 35.5 Å². The van der Waals surface area contributed by atoms with Crippen LogP contribution in [0.3, 0.4) is 0 Å². The van der Waals surface area contributed by atoms with Gasteiger partial charge in [-0.25, -0.2) is 4.79 Å². The minimum atomic E-state index is -0.466. The highest BCUT2D eigenvalue weighted by Crippen LogP contribution is 2.27. The minimum absolute atomic E-state index is 0.0535. The fourth-order valence-corrected chi connectivity index (χ4v) is 1.96. The molecule has 1 aliphatic carbocycles. The number of fused-ring (bicyclic) bond motifs is 1. The summed E-state index contributed by atoms with van der Waals surface area (Å²) in [6, 6.07) is 0. The second-order valence-corrected chi connectivity index (χ2v) is 3.55. The Hall–Kier alpha value is -0.730.